The summed E-state index contributed by atoms with van der Waals surface area (Å²) in [7, 11) is 0. The molecule has 29 heavy (non-hydrogen) atoms. The molecule has 0 radical (unpaired) electrons. The molecule has 0 spiro atoms. The normalized spacial score (nSPS) is 30.8. The van der Waals surface area contributed by atoms with E-state index in [0.717, 1.165) is 24.5 Å². The van der Waals surface area contributed by atoms with Gasteiger partial charge in [-0.2, -0.15) is 0 Å². The summed E-state index contributed by atoms with van der Waals surface area (Å²) in [6, 6.07) is 4.63. The molecule has 0 saturated carbocycles. The average molecular weight is 398 g/mol. The van der Waals surface area contributed by atoms with Gasteiger partial charge in [0.25, 0.3) is 11.8 Å². The molecule has 3 saturated heterocycles. The zero-order valence-corrected chi connectivity index (χ0v) is 15.8. The van der Waals surface area contributed by atoms with Crippen molar-refractivity contribution >= 4 is 23.6 Å². The molecule has 5 rings (SSSR count). The van der Waals surface area contributed by atoms with Crippen molar-refractivity contribution in [2.24, 2.45) is 0 Å². The number of amides is 4. The van der Waals surface area contributed by atoms with Gasteiger partial charge in [-0.15, -0.1) is 0 Å². The first-order valence-electron chi connectivity index (χ1n) is 9.89. The van der Waals surface area contributed by atoms with Crippen molar-refractivity contribution in [2.75, 3.05) is 19.7 Å². The van der Waals surface area contributed by atoms with Crippen molar-refractivity contribution in [3.05, 3.63) is 34.9 Å². The minimum atomic E-state index is -0.951. The van der Waals surface area contributed by atoms with Crippen molar-refractivity contribution in [3.8, 4) is 0 Å². The van der Waals surface area contributed by atoms with Gasteiger partial charge in [0, 0.05) is 32.1 Å². The first-order chi connectivity index (χ1) is 14.0. The first-order valence-corrected chi connectivity index (χ1v) is 9.89. The number of imide groups is 2. The third kappa shape index (κ3) is 2.97. The second kappa shape index (κ2) is 6.72. The third-order valence-electron chi connectivity index (χ3n) is 6.24. The lowest BCUT2D eigenvalue weighted by Crippen LogP contribution is -2.54. The van der Waals surface area contributed by atoms with Crippen LogP contribution in [-0.4, -0.2) is 65.9 Å². The lowest BCUT2D eigenvalue weighted by atomic mass is 10.0. The molecule has 4 aliphatic rings. The van der Waals surface area contributed by atoms with Crippen LogP contribution < -0.4 is 16.0 Å². The maximum absolute atomic E-state index is 13.1. The maximum Gasteiger partial charge on any atom is 0.262 e. The topological polar surface area (TPSA) is 117 Å². The number of morpholine rings is 1. The fourth-order valence-electron chi connectivity index (χ4n) is 4.77. The van der Waals surface area contributed by atoms with Crippen LogP contribution in [0.15, 0.2) is 18.2 Å². The molecular formula is C20H22N4O5. The van der Waals surface area contributed by atoms with Gasteiger partial charge in [0.15, 0.2) is 0 Å². The highest BCUT2D eigenvalue weighted by Gasteiger charge is 2.47. The number of carbonyl (C=O) groups is 4. The monoisotopic (exact) mass is 398 g/mol. The maximum atomic E-state index is 13.1. The Balaban J connectivity index is 1.33. The fourth-order valence-corrected chi connectivity index (χ4v) is 4.77. The molecule has 1 aromatic rings. The third-order valence-corrected chi connectivity index (χ3v) is 6.24. The van der Waals surface area contributed by atoms with Gasteiger partial charge < -0.3 is 15.4 Å². The number of nitrogens with zero attached hydrogens (tertiary/aromatic N) is 1. The first kappa shape index (κ1) is 18.4. The molecule has 3 fully saturated rings. The highest BCUT2D eigenvalue weighted by atomic mass is 16.5. The number of hydrogen-bond donors (Lipinski definition) is 3. The van der Waals surface area contributed by atoms with Crippen molar-refractivity contribution in [3.63, 3.8) is 0 Å². The van der Waals surface area contributed by atoms with Crippen molar-refractivity contribution in [1.82, 2.24) is 20.9 Å². The summed E-state index contributed by atoms with van der Waals surface area (Å²) in [5.41, 5.74) is 1.15. The smallest absolute Gasteiger partial charge is 0.262 e. The highest BCUT2D eigenvalue weighted by molar-refractivity contribution is 6.24. The summed E-state index contributed by atoms with van der Waals surface area (Å²) in [6.07, 6.45) is 1.22. The molecule has 9 heteroatoms. The van der Waals surface area contributed by atoms with Gasteiger partial charge in [0.2, 0.25) is 11.8 Å². The Morgan fingerprint density at radius 3 is 2.76 bits per heavy atom. The molecule has 9 nitrogen and oxygen atoms in total. The zero-order valence-electron chi connectivity index (χ0n) is 15.8. The number of carbonyl (C=O) groups excluding carboxylic acids is 4. The van der Waals surface area contributed by atoms with E-state index in [2.05, 4.69) is 16.0 Å². The van der Waals surface area contributed by atoms with Crippen LogP contribution in [-0.2, 0) is 20.9 Å². The quantitative estimate of drug-likeness (QED) is 0.562. The molecule has 152 valence electrons. The van der Waals surface area contributed by atoms with Crippen LogP contribution in [0.1, 0.15) is 45.5 Å². The van der Waals surface area contributed by atoms with E-state index in [1.54, 1.807) is 12.1 Å². The number of nitrogens with one attached hydrogen (secondary N) is 3. The lowest BCUT2D eigenvalue weighted by molar-refractivity contribution is -0.136. The van der Waals surface area contributed by atoms with E-state index < -0.39 is 23.8 Å². The lowest BCUT2D eigenvalue weighted by Gasteiger charge is -2.28. The van der Waals surface area contributed by atoms with Crippen LogP contribution in [0.5, 0.6) is 0 Å². The van der Waals surface area contributed by atoms with Crippen LogP contribution in [0.3, 0.4) is 0 Å². The van der Waals surface area contributed by atoms with Crippen LogP contribution >= 0.6 is 0 Å². The van der Waals surface area contributed by atoms with E-state index in [9.17, 15) is 19.2 Å². The number of hydrogen-bond acceptors (Lipinski definition) is 7. The van der Waals surface area contributed by atoms with Crippen molar-refractivity contribution in [2.45, 2.75) is 43.5 Å². The minimum absolute atomic E-state index is 0.106. The van der Waals surface area contributed by atoms with Crippen LogP contribution in [0.4, 0.5) is 0 Å². The van der Waals surface area contributed by atoms with Crippen LogP contribution in [0.2, 0.25) is 0 Å². The van der Waals surface area contributed by atoms with Crippen molar-refractivity contribution < 1.29 is 23.9 Å². The Hall–Kier alpha value is -2.62. The van der Waals surface area contributed by atoms with Crippen molar-refractivity contribution in [1.29, 1.82) is 0 Å². The predicted octanol–water partition coefficient (Wildman–Crippen LogP) is -0.692. The molecular weight excluding hydrogens is 376 g/mol. The Labute approximate surface area is 167 Å². The molecule has 3 unspecified atom stereocenters. The van der Waals surface area contributed by atoms with Crippen LogP contribution in [0.25, 0.3) is 0 Å². The van der Waals surface area contributed by atoms with E-state index in [4.69, 9.17) is 4.74 Å². The van der Waals surface area contributed by atoms with Gasteiger partial charge in [0.05, 0.1) is 23.3 Å². The summed E-state index contributed by atoms with van der Waals surface area (Å²) >= 11 is 0. The van der Waals surface area contributed by atoms with Gasteiger partial charge in [-0.1, -0.05) is 12.1 Å². The average Bonchev–Trinajstić information content (AvgIpc) is 3.36. The number of rotatable bonds is 5. The number of benzene rings is 1. The summed E-state index contributed by atoms with van der Waals surface area (Å²) in [5.74, 6) is -1.95. The summed E-state index contributed by atoms with van der Waals surface area (Å²) in [5, 5.41) is 9.00. The van der Waals surface area contributed by atoms with Gasteiger partial charge >= 0.3 is 0 Å². The molecule has 4 aliphatic heterocycles. The van der Waals surface area contributed by atoms with Crippen LogP contribution in [0, 0.1) is 0 Å². The Morgan fingerprint density at radius 1 is 1.21 bits per heavy atom. The Morgan fingerprint density at radius 2 is 2.07 bits per heavy atom. The molecule has 0 aliphatic carbocycles. The van der Waals surface area contributed by atoms with E-state index in [-0.39, 0.29) is 24.3 Å². The van der Waals surface area contributed by atoms with Gasteiger partial charge in [0.1, 0.15) is 6.04 Å². The summed E-state index contributed by atoms with van der Waals surface area (Å²) < 4.78 is 5.90. The molecule has 4 heterocycles. The second-order valence-corrected chi connectivity index (χ2v) is 8.17. The fraction of sp³-hybridized carbons (Fsp3) is 0.500. The van der Waals surface area contributed by atoms with Gasteiger partial charge in [-0.25, -0.2) is 0 Å². The summed E-state index contributed by atoms with van der Waals surface area (Å²) in [4.78, 5) is 50.5. The molecule has 3 atom stereocenters. The number of fused-ring (bicyclic) bond motifs is 3. The molecule has 2 bridgehead atoms. The second-order valence-electron chi connectivity index (χ2n) is 8.17. The van der Waals surface area contributed by atoms with E-state index in [1.165, 1.54) is 0 Å². The van der Waals surface area contributed by atoms with Gasteiger partial charge in [-0.3, -0.25) is 29.4 Å². The van der Waals surface area contributed by atoms with E-state index in [0.29, 0.717) is 35.8 Å². The molecule has 3 N–H and O–H groups in total. The highest BCUT2D eigenvalue weighted by Crippen LogP contribution is 2.32. The molecule has 4 amide bonds. The van der Waals surface area contributed by atoms with Gasteiger partial charge in [-0.05, 0) is 24.5 Å². The zero-order chi connectivity index (χ0) is 20.2. The Kier molecular flexibility index (Phi) is 4.27. The SMILES string of the molecule is O=C1CCC(N2C(=O)c3cccc(CNCC45CNC(CO4)C5)c3C2=O)C(=O)N1. The van der Waals surface area contributed by atoms with E-state index in [1.807, 2.05) is 6.07 Å². The summed E-state index contributed by atoms with van der Waals surface area (Å²) in [6.45, 7) is 2.59. The number of piperidine rings is 1. The predicted molar refractivity (Wildman–Crippen MR) is 99.9 cm³/mol. The minimum Gasteiger partial charge on any atom is -0.371 e. The largest absolute Gasteiger partial charge is 0.371 e. The van der Waals surface area contributed by atoms with E-state index >= 15 is 0 Å². The molecule has 0 aromatic heterocycles. The standard InChI is InChI=1S/C20H22N4O5/c25-15-5-4-14(17(26)23-15)24-18(27)13-3-1-2-11(16(13)19(24)28)7-21-9-20-6-12(8-29-20)22-10-20/h1-3,12,14,21-22H,4-10H2,(H,23,25,26). The Bertz CT molecular complexity index is 921. The molecule has 1 aromatic carbocycles. The number of ether oxygens (including phenoxy) is 1.